The Hall–Kier alpha value is -2.11. The lowest BCUT2D eigenvalue weighted by Gasteiger charge is -2.24. The van der Waals surface area contributed by atoms with Gasteiger partial charge >= 0.3 is 0 Å². The summed E-state index contributed by atoms with van der Waals surface area (Å²) < 4.78 is 6.78. The van der Waals surface area contributed by atoms with Crippen molar-refractivity contribution in [3.8, 4) is 0 Å². The molecular weight excluding hydrogens is 244 g/mol. The minimum Gasteiger partial charge on any atom is -0.472 e. The van der Waals surface area contributed by atoms with Crippen molar-refractivity contribution < 1.29 is 9.21 Å². The van der Waals surface area contributed by atoms with Gasteiger partial charge in [-0.3, -0.25) is 9.48 Å². The van der Waals surface area contributed by atoms with Crippen molar-refractivity contribution >= 4 is 5.91 Å². The van der Waals surface area contributed by atoms with Gasteiger partial charge < -0.3 is 9.32 Å². The van der Waals surface area contributed by atoms with Gasteiger partial charge in [-0.05, 0) is 24.5 Å². The number of likely N-dealkylation sites (tertiary alicyclic amines) is 1. The van der Waals surface area contributed by atoms with Crippen molar-refractivity contribution in [2.75, 3.05) is 6.54 Å². The van der Waals surface area contributed by atoms with Crippen LogP contribution in [-0.2, 0) is 17.8 Å². The molecule has 0 radical (unpaired) electrons. The smallest absolute Gasteiger partial charge is 0.227 e. The molecular formula is C13H16N4O2. The number of hydrogen-bond acceptors (Lipinski definition) is 4. The van der Waals surface area contributed by atoms with E-state index in [1.54, 1.807) is 23.4 Å². The predicted octanol–water partition coefficient (Wildman–Crippen LogP) is 1.10. The van der Waals surface area contributed by atoms with Gasteiger partial charge in [0, 0.05) is 12.7 Å². The molecule has 0 spiro atoms. The molecule has 6 nitrogen and oxygen atoms in total. The molecule has 19 heavy (non-hydrogen) atoms. The third kappa shape index (κ3) is 2.67. The van der Waals surface area contributed by atoms with E-state index in [4.69, 9.17) is 4.42 Å². The topological polar surface area (TPSA) is 64.2 Å². The highest BCUT2D eigenvalue weighted by Gasteiger charge is 2.29. The Bertz CT molecular complexity index is 521. The van der Waals surface area contributed by atoms with Crippen molar-refractivity contribution in [1.29, 1.82) is 0 Å². The Morgan fingerprint density at radius 1 is 1.53 bits per heavy atom. The van der Waals surface area contributed by atoms with Crippen molar-refractivity contribution in [2.45, 2.75) is 31.8 Å². The lowest BCUT2D eigenvalue weighted by molar-refractivity contribution is -0.131. The summed E-state index contributed by atoms with van der Waals surface area (Å²) in [5, 5.41) is 7.75. The van der Waals surface area contributed by atoms with E-state index in [1.807, 2.05) is 17.2 Å². The molecule has 1 aliphatic rings. The summed E-state index contributed by atoms with van der Waals surface area (Å²) in [7, 11) is 0. The average Bonchev–Trinajstić information content (AvgIpc) is 3.10. The zero-order valence-electron chi connectivity index (χ0n) is 10.6. The van der Waals surface area contributed by atoms with E-state index in [0.717, 1.165) is 31.5 Å². The van der Waals surface area contributed by atoms with Gasteiger partial charge in [0.1, 0.15) is 0 Å². The van der Waals surface area contributed by atoms with Crippen molar-refractivity contribution in [1.82, 2.24) is 19.9 Å². The van der Waals surface area contributed by atoms with Gasteiger partial charge in [0.15, 0.2) is 0 Å². The van der Waals surface area contributed by atoms with Crippen LogP contribution in [0.4, 0.5) is 0 Å². The first kappa shape index (κ1) is 12.0. The average molecular weight is 260 g/mol. The number of carbonyl (C=O) groups is 1. The van der Waals surface area contributed by atoms with E-state index in [-0.39, 0.29) is 11.9 Å². The molecule has 100 valence electrons. The van der Waals surface area contributed by atoms with Crippen LogP contribution < -0.4 is 0 Å². The van der Waals surface area contributed by atoms with E-state index in [2.05, 4.69) is 10.3 Å². The Morgan fingerprint density at radius 2 is 2.47 bits per heavy atom. The maximum atomic E-state index is 12.3. The fraction of sp³-hybridized carbons (Fsp3) is 0.462. The van der Waals surface area contributed by atoms with Gasteiger partial charge in [0.05, 0.1) is 37.7 Å². The first-order valence-electron chi connectivity index (χ1n) is 6.47. The van der Waals surface area contributed by atoms with E-state index < -0.39 is 0 Å². The molecule has 1 atom stereocenters. The molecule has 0 unspecified atom stereocenters. The monoisotopic (exact) mass is 260 g/mol. The molecule has 0 aromatic carbocycles. The third-order valence-corrected chi connectivity index (χ3v) is 3.50. The molecule has 1 aliphatic heterocycles. The Labute approximate surface area is 111 Å². The number of rotatable bonds is 4. The van der Waals surface area contributed by atoms with Crippen LogP contribution in [0, 0.1) is 0 Å². The summed E-state index contributed by atoms with van der Waals surface area (Å²) in [6, 6.07) is 2.06. The van der Waals surface area contributed by atoms with Crippen LogP contribution in [0.25, 0.3) is 0 Å². The summed E-state index contributed by atoms with van der Waals surface area (Å²) in [4.78, 5) is 14.2. The van der Waals surface area contributed by atoms with Crippen LogP contribution in [0.2, 0.25) is 0 Å². The van der Waals surface area contributed by atoms with Gasteiger partial charge in [-0.2, -0.15) is 0 Å². The van der Waals surface area contributed by atoms with Crippen molar-refractivity contribution in [3.63, 3.8) is 0 Å². The van der Waals surface area contributed by atoms with Crippen molar-refractivity contribution in [2.24, 2.45) is 0 Å². The first-order chi connectivity index (χ1) is 9.33. The number of hydrogen-bond donors (Lipinski definition) is 0. The quantitative estimate of drug-likeness (QED) is 0.826. The molecule has 0 saturated carbocycles. The SMILES string of the molecule is O=C(Cc1ccoc1)N1CCC[C@H]1Cn1ccnn1. The standard InChI is InChI=1S/C13H16N4O2/c18-13(8-11-3-7-19-10-11)17-5-1-2-12(17)9-16-6-4-14-15-16/h3-4,6-7,10,12H,1-2,5,8-9H2/t12-/m0/s1. The zero-order chi connectivity index (χ0) is 13.1. The minimum absolute atomic E-state index is 0.156. The number of nitrogens with zero attached hydrogens (tertiary/aromatic N) is 4. The van der Waals surface area contributed by atoms with E-state index >= 15 is 0 Å². The zero-order valence-corrected chi connectivity index (χ0v) is 10.6. The largest absolute Gasteiger partial charge is 0.472 e. The fourth-order valence-corrected chi connectivity index (χ4v) is 2.57. The lowest BCUT2D eigenvalue weighted by atomic mass is 10.2. The molecule has 2 aromatic heterocycles. The van der Waals surface area contributed by atoms with Gasteiger partial charge in [0.25, 0.3) is 0 Å². The Kier molecular flexibility index (Phi) is 3.31. The highest BCUT2D eigenvalue weighted by molar-refractivity contribution is 5.79. The number of carbonyl (C=O) groups excluding carboxylic acids is 1. The molecule has 0 bridgehead atoms. The Morgan fingerprint density at radius 3 is 3.21 bits per heavy atom. The van der Waals surface area contributed by atoms with E-state index in [1.165, 1.54) is 0 Å². The summed E-state index contributed by atoms with van der Waals surface area (Å²) >= 11 is 0. The minimum atomic E-state index is 0.156. The maximum Gasteiger partial charge on any atom is 0.227 e. The first-order valence-corrected chi connectivity index (χ1v) is 6.47. The molecule has 1 fully saturated rings. The van der Waals surface area contributed by atoms with Crippen LogP contribution in [0.15, 0.2) is 35.4 Å². The second-order valence-electron chi connectivity index (χ2n) is 4.82. The molecule has 0 N–H and O–H groups in total. The predicted molar refractivity (Wildman–Crippen MR) is 67.2 cm³/mol. The summed E-state index contributed by atoms with van der Waals surface area (Å²) in [6.45, 7) is 1.55. The van der Waals surface area contributed by atoms with Crippen molar-refractivity contribution in [3.05, 3.63) is 36.5 Å². The number of aromatic nitrogens is 3. The molecule has 6 heteroatoms. The summed E-state index contributed by atoms with van der Waals surface area (Å²) in [5.74, 6) is 0.156. The lowest BCUT2D eigenvalue weighted by Crippen LogP contribution is -2.39. The van der Waals surface area contributed by atoms with E-state index in [0.29, 0.717) is 6.42 Å². The highest BCUT2D eigenvalue weighted by atomic mass is 16.3. The molecule has 3 rings (SSSR count). The second-order valence-corrected chi connectivity index (χ2v) is 4.82. The van der Waals surface area contributed by atoms with Gasteiger partial charge in [-0.25, -0.2) is 0 Å². The van der Waals surface area contributed by atoms with Crippen LogP contribution in [0.1, 0.15) is 18.4 Å². The number of amides is 1. The Balaban J connectivity index is 1.64. The number of furan rings is 1. The molecule has 3 heterocycles. The van der Waals surface area contributed by atoms with Crippen LogP contribution in [-0.4, -0.2) is 38.4 Å². The highest BCUT2D eigenvalue weighted by Crippen LogP contribution is 2.20. The summed E-state index contributed by atoms with van der Waals surface area (Å²) in [5.41, 5.74) is 0.927. The molecule has 0 aliphatic carbocycles. The third-order valence-electron chi connectivity index (χ3n) is 3.50. The van der Waals surface area contributed by atoms with Gasteiger partial charge in [-0.15, -0.1) is 5.10 Å². The van der Waals surface area contributed by atoms with Crippen LogP contribution in [0.5, 0.6) is 0 Å². The second kappa shape index (κ2) is 5.26. The maximum absolute atomic E-state index is 12.3. The fourth-order valence-electron chi connectivity index (χ4n) is 2.57. The molecule has 1 saturated heterocycles. The van der Waals surface area contributed by atoms with Crippen LogP contribution in [0.3, 0.4) is 0 Å². The molecule has 1 amide bonds. The van der Waals surface area contributed by atoms with Crippen LogP contribution >= 0.6 is 0 Å². The normalized spacial score (nSPS) is 18.9. The van der Waals surface area contributed by atoms with Gasteiger partial charge in [0.2, 0.25) is 5.91 Å². The summed E-state index contributed by atoms with van der Waals surface area (Å²) in [6.07, 6.45) is 9.20. The molecule has 2 aromatic rings. The van der Waals surface area contributed by atoms with E-state index in [9.17, 15) is 4.79 Å². The van der Waals surface area contributed by atoms with Gasteiger partial charge in [-0.1, -0.05) is 5.21 Å².